The van der Waals surface area contributed by atoms with Crippen LogP contribution in [0.5, 0.6) is 0 Å². The van der Waals surface area contributed by atoms with Crippen molar-refractivity contribution in [2.24, 2.45) is 0 Å². The monoisotopic (exact) mass is 260 g/mol. The smallest absolute Gasteiger partial charge is 0.223 e. The molecule has 0 spiro atoms. The van der Waals surface area contributed by atoms with E-state index in [1.54, 1.807) is 4.90 Å². The first-order chi connectivity index (χ1) is 8.07. The van der Waals surface area contributed by atoms with Crippen LogP contribution in [0.25, 0.3) is 0 Å². The minimum Gasteiger partial charge on any atom is -0.342 e. The van der Waals surface area contributed by atoms with Crippen molar-refractivity contribution in [3.63, 3.8) is 0 Å². The van der Waals surface area contributed by atoms with Crippen LogP contribution in [0.3, 0.4) is 0 Å². The molecule has 0 aromatic rings. The standard InChI is InChI=1S/C11H20N2O3S/c14-11(4-5-12-10-2-3-10)13-6-1-8-17(15,16)9-7-13/h10,12H,1-9H2. The van der Waals surface area contributed by atoms with Crippen LogP contribution in [0.15, 0.2) is 0 Å². The van der Waals surface area contributed by atoms with Gasteiger partial charge in [0.15, 0.2) is 9.84 Å². The van der Waals surface area contributed by atoms with Crippen molar-refractivity contribution in [3.8, 4) is 0 Å². The van der Waals surface area contributed by atoms with Crippen molar-refractivity contribution in [3.05, 3.63) is 0 Å². The highest BCUT2D eigenvalue weighted by molar-refractivity contribution is 7.91. The summed E-state index contributed by atoms with van der Waals surface area (Å²) in [5, 5.41) is 3.29. The molecule has 17 heavy (non-hydrogen) atoms. The summed E-state index contributed by atoms with van der Waals surface area (Å²) in [6.07, 6.45) is 3.49. The van der Waals surface area contributed by atoms with Crippen molar-refractivity contribution < 1.29 is 13.2 Å². The molecule has 1 N–H and O–H groups in total. The van der Waals surface area contributed by atoms with Gasteiger partial charge in [-0.05, 0) is 19.3 Å². The summed E-state index contributed by atoms with van der Waals surface area (Å²) in [6.45, 7) is 1.67. The first-order valence-corrected chi connectivity index (χ1v) is 8.10. The first kappa shape index (κ1) is 12.8. The van der Waals surface area contributed by atoms with Gasteiger partial charge in [-0.1, -0.05) is 0 Å². The third-order valence-electron chi connectivity index (χ3n) is 3.26. The van der Waals surface area contributed by atoms with Gasteiger partial charge in [-0.2, -0.15) is 0 Å². The zero-order valence-electron chi connectivity index (χ0n) is 10.0. The molecule has 1 heterocycles. The van der Waals surface area contributed by atoms with Crippen LogP contribution >= 0.6 is 0 Å². The number of hydrogen-bond donors (Lipinski definition) is 1. The van der Waals surface area contributed by atoms with Gasteiger partial charge >= 0.3 is 0 Å². The molecule has 98 valence electrons. The van der Waals surface area contributed by atoms with Crippen LogP contribution in [0, 0.1) is 0 Å². The van der Waals surface area contributed by atoms with E-state index in [0.717, 1.165) is 0 Å². The fourth-order valence-electron chi connectivity index (χ4n) is 2.02. The van der Waals surface area contributed by atoms with Gasteiger partial charge in [-0.3, -0.25) is 4.79 Å². The zero-order valence-corrected chi connectivity index (χ0v) is 10.8. The average Bonchev–Trinajstić information content (AvgIpc) is 3.06. The first-order valence-electron chi connectivity index (χ1n) is 6.28. The quantitative estimate of drug-likeness (QED) is 0.758. The summed E-state index contributed by atoms with van der Waals surface area (Å²) in [5.74, 6) is 0.418. The Bertz CT molecular complexity index is 376. The van der Waals surface area contributed by atoms with E-state index in [-0.39, 0.29) is 17.4 Å². The summed E-state index contributed by atoms with van der Waals surface area (Å²) in [5.41, 5.74) is 0. The van der Waals surface area contributed by atoms with E-state index in [9.17, 15) is 13.2 Å². The van der Waals surface area contributed by atoms with E-state index < -0.39 is 9.84 Å². The second-order valence-electron chi connectivity index (χ2n) is 4.86. The Balaban J connectivity index is 1.74. The number of amides is 1. The highest BCUT2D eigenvalue weighted by Gasteiger charge is 2.23. The molecule has 6 heteroatoms. The molecule has 1 aliphatic heterocycles. The van der Waals surface area contributed by atoms with Gasteiger partial charge in [0.25, 0.3) is 0 Å². The number of hydrogen-bond acceptors (Lipinski definition) is 4. The molecule has 0 aromatic heterocycles. The second kappa shape index (κ2) is 5.35. The minimum absolute atomic E-state index is 0.0789. The van der Waals surface area contributed by atoms with Gasteiger partial charge in [0, 0.05) is 32.1 Å². The summed E-state index contributed by atoms with van der Waals surface area (Å²) < 4.78 is 22.8. The SMILES string of the molecule is O=C(CCNC1CC1)N1CCCS(=O)(=O)CC1. The maximum atomic E-state index is 11.9. The molecule has 5 nitrogen and oxygen atoms in total. The number of nitrogens with zero attached hydrogens (tertiary/aromatic N) is 1. The van der Waals surface area contributed by atoms with E-state index in [4.69, 9.17) is 0 Å². The Labute approximate surface area is 102 Å². The molecule has 1 saturated heterocycles. The van der Waals surface area contributed by atoms with E-state index >= 15 is 0 Å². The van der Waals surface area contributed by atoms with E-state index in [1.807, 2.05) is 0 Å². The van der Waals surface area contributed by atoms with Gasteiger partial charge in [-0.25, -0.2) is 8.42 Å². The summed E-state index contributed by atoms with van der Waals surface area (Å²) in [4.78, 5) is 13.5. The van der Waals surface area contributed by atoms with Crippen LogP contribution in [0.4, 0.5) is 0 Å². The highest BCUT2D eigenvalue weighted by atomic mass is 32.2. The molecule has 1 amide bonds. The van der Waals surface area contributed by atoms with E-state index in [2.05, 4.69) is 5.32 Å². The van der Waals surface area contributed by atoms with E-state index in [0.29, 0.717) is 38.5 Å². The molecule has 0 atom stereocenters. The molecule has 0 unspecified atom stereocenters. The molecular formula is C11H20N2O3S. The molecular weight excluding hydrogens is 240 g/mol. The van der Waals surface area contributed by atoms with Crippen molar-refractivity contribution in [2.45, 2.75) is 31.7 Å². The largest absolute Gasteiger partial charge is 0.342 e. The Morgan fingerprint density at radius 3 is 2.71 bits per heavy atom. The van der Waals surface area contributed by atoms with E-state index in [1.165, 1.54) is 12.8 Å². The number of sulfone groups is 1. The van der Waals surface area contributed by atoms with Gasteiger partial charge < -0.3 is 10.2 Å². The molecule has 1 saturated carbocycles. The molecule has 0 radical (unpaired) electrons. The fraction of sp³-hybridized carbons (Fsp3) is 0.909. The summed E-state index contributed by atoms with van der Waals surface area (Å²) >= 11 is 0. The van der Waals surface area contributed by atoms with Crippen LogP contribution in [0.2, 0.25) is 0 Å². The van der Waals surface area contributed by atoms with Crippen LogP contribution in [0.1, 0.15) is 25.7 Å². The molecule has 2 fully saturated rings. The molecule has 0 bridgehead atoms. The lowest BCUT2D eigenvalue weighted by Gasteiger charge is -2.19. The van der Waals surface area contributed by atoms with Crippen LogP contribution < -0.4 is 5.32 Å². The second-order valence-corrected chi connectivity index (χ2v) is 7.17. The Morgan fingerprint density at radius 2 is 2.00 bits per heavy atom. The predicted molar refractivity (Wildman–Crippen MR) is 65.5 cm³/mol. The maximum absolute atomic E-state index is 11.9. The third-order valence-corrected chi connectivity index (χ3v) is 4.97. The van der Waals surface area contributed by atoms with Crippen molar-refractivity contribution in [1.29, 1.82) is 0 Å². The lowest BCUT2D eigenvalue weighted by molar-refractivity contribution is -0.130. The van der Waals surface area contributed by atoms with Crippen LogP contribution in [-0.4, -0.2) is 56.4 Å². The molecule has 1 aliphatic carbocycles. The van der Waals surface area contributed by atoms with Gasteiger partial charge in [0.1, 0.15) is 0 Å². The predicted octanol–water partition coefficient (Wildman–Crippen LogP) is -0.224. The zero-order chi connectivity index (χ0) is 12.3. The Kier molecular flexibility index (Phi) is 4.04. The topological polar surface area (TPSA) is 66.5 Å². The number of rotatable bonds is 4. The minimum atomic E-state index is -2.92. The van der Waals surface area contributed by atoms with Crippen LogP contribution in [-0.2, 0) is 14.6 Å². The number of nitrogens with one attached hydrogen (secondary N) is 1. The lowest BCUT2D eigenvalue weighted by Crippen LogP contribution is -2.35. The molecule has 2 aliphatic rings. The summed E-state index contributed by atoms with van der Waals surface area (Å²) in [7, 11) is -2.92. The lowest BCUT2D eigenvalue weighted by atomic mass is 10.3. The van der Waals surface area contributed by atoms with Gasteiger partial charge in [0.2, 0.25) is 5.91 Å². The average molecular weight is 260 g/mol. The molecule has 2 rings (SSSR count). The fourth-order valence-corrected chi connectivity index (χ4v) is 3.29. The van der Waals surface area contributed by atoms with Crippen molar-refractivity contribution >= 4 is 15.7 Å². The third kappa shape index (κ3) is 4.27. The van der Waals surface area contributed by atoms with Crippen molar-refractivity contribution in [2.75, 3.05) is 31.1 Å². The number of carbonyl (C=O) groups excluding carboxylic acids is 1. The Morgan fingerprint density at radius 1 is 1.24 bits per heavy atom. The normalized spacial score (nSPS) is 24.4. The van der Waals surface area contributed by atoms with Gasteiger partial charge in [-0.15, -0.1) is 0 Å². The van der Waals surface area contributed by atoms with Gasteiger partial charge in [0.05, 0.1) is 11.5 Å². The number of carbonyl (C=O) groups is 1. The molecule has 0 aromatic carbocycles. The maximum Gasteiger partial charge on any atom is 0.223 e. The Hall–Kier alpha value is -0.620. The summed E-state index contributed by atoms with van der Waals surface area (Å²) in [6, 6.07) is 0.618. The highest BCUT2D eigenvalue weighted by Crippen LogP contribution is 2.18. The van der Waals surface area contributed by atoms with Crippen molar-refractivity contribution in [1.82, 2.24) is 10.2 Å².